The molecule has 0 bridgehead atoms. The number of hydrogen-bond acceptors (Lipinski definition) is 4. The van der Waals surface area contributed by atoms with Crippen molar-refractivity contribution in [3.05, 3.63) is 41.9 Å². The Balaban J connectivity index is 2.25. The number of benzene rings is 1. The Morgan fingerprint density at radius 1 is 1.35 bits per heavy atom. The topological polar surface area (TPSA) is 84.1 Å². The van der Waals surface area contributed by atoms with Gasteiger partial charge in [0.05, 0.1) is 18.5 Å². The van der Waals surface area contributed by atoms with Crippen LogP contribution in [0.5, 0.6) is 0 Å². The summed E-state index contributed by atoms with van der Waals surface area (Å²) >= 11 is 0. The van der Waals surface area contributed by atoms with Crippen LogP contribution in [0.2, 0.25) is 0 Å². The second kappa shape index (κ2) is 6.06. The standard InChI is InChI=1S/C13H17N3O3S/c1-3-19-9-11-6-4-5-7-12(11)16-20(17,18)13-8-14-10(2)15-13/h4-8,16H,3,9H2,1-2H3,(H,14,15). The SMILES string of the molecule is CCOCc1ccccc1NS(=O)(=O)c1cnc(C)[nH]1. The molecule has 0 fully saturated rings. The minimum atomic E-state index is -3.66. The molecule has 0 aliphatic rings. The van der Waals surface area contributed by atoms with Gasteiger partial charge < -0.3 is 9.72 Å². The molecule has 1 heterocycles. The number of anilines is 1. The maximum atomic E-state index is 12.2. The van der Waals surface area contributed by atoms with Gasteiger partial charge in [0.2, 0.25) is 0 Å². The normalized spacial score (nSPS) is 11.5. The average Bonchev–Trinajstić information content (AvgIpc) is 2.85. The minimum absolute atomic E-state index is 0.0428. The number of nitrogens with zero attached hydrogens (tertiary/aromatic N) is 1. The van der Waals surface area contributed by atoms with Gasteiger partial charge in [-0.2, -0.15) is 8.42 Å². The fourth-order valence-electron chi connectivity index (χ4n) is 1.69. The van der Waals surface area contributed by atoms with Crippen molar-refractivity contribution < 1.29 is 13.2 Å². The molecular weight excluding hydrogens is 278 g/mol. The summed E-state index contributed by atoms with van der Waals surface area (Å²) in [7, 11) is -3.66. The summed E-state index contributed by atoms with van der Waals surface area (Å²) in [6.07, 6.45) is 1.29. The lowest BCUT2D eigenvalue weighted by molar-refractivity contribution is 0.134. The smallest absolute Gasteiger partial charge is 0.278 e. The molecule has 0 saturated carbocycles. The van der Waals surface area contributed by atoms with Crippen molar-refractivity contribution >= 4 is 15.7 Å². The summed E-state index contributed by atoms with van der Waals surface area (Å²) in [5.74, 6) is 0.549. The quantitative estimate of drug-likeness (QED) is 0.854. The summed E-state index contributed by atoms with van der Waals surface area (Å²) in [6, 6.07) is 7.14. The summed E-state index contributed by atoms with van der Waals surface area (Å²) in [4.78, 5) is 6.60. The average molecular weight is 295 g/mol. The highest BCUT2D eigenvalue weighted by atomic mass is 32.2. The molecule has 7 heteroatoms. The van der Waals surface area contributed by atoms with Gasteiger partial charge in [-0.25, -0.2) is 4.98 Å². The maximum Gasteiger partial charge on any atom is 0.278 e. The molecule has 0 amide bonds. The number of aromatic amines is 1. The van der Waals surface area contributed by atoms with Crippen molar-refractivity contribution in [2.24, 2.45) is 0 Å². The van der Waals surface area contributed by atoms with Gasteiger partial charge in [-0.15, -0.1) is 0 Å². The highest BCUT2D eigenvalue weighted by molar-refractivity contribution is 7.92. The number of aromatic nitrogens is 2. The molecule has 1 aromatic heterocycles. The summed E-state index contributed by atoms with van der Waals surface area (Å²) in [5.41, 5.74) is 1.29. The molecule has 20 heavy (non-hydrogen) atoms. The van der Waals surface area contributed by atoms with Crippen LogP contribution in [-0.4, -0.2) is 25.0 Å². The number of rotatable bonds is 6. The Morgan fingerprint density at radius 2 is 2.10 bits per heavy atom. The van der Waals surface area contributed by atoms with E-state index in [2.05, 4.69) is 14.7 Å². The lowest BCUT2D eigenvalue weighted by Gasteiger charge is -2.11. The minimum Gasteiger partial charge on any atom is -0.377 e. The van der Waals surface area contributed by atoms with Gasteiger partial charge in [0.25, 0.3) is 10.0 Å². The van der Waals surface area contributed by atoms with Crippen molar-refractivity contribution in [1.82, 2.24) is 9.97 Å². The predicted octanol–water partition coefficient (Wildman–Crippen LogP) is 2.06. The number of H-pyrrole nitrogens is 1. The van der Waals surface area contributed by atoms with Gasteiger partial charge in [0.1, 0.15) is 5.82 Å². The largest absolute Gasteiger partial charge is 0.377 e. The molecule has 6 nitrogen and oxygen atoms in total. The van der Waals surface area contributed by atoms with Crippen molar-refractivity contribution in [2.75, 3.05) is 11.3 Å². The number of imidazole rings is 1. The molecule has 0 aliphatic heterocycles. The molecule has 2 N–H and O–H groups in total. The zero-order valence-electron chi connectivity index (χ0n) is 11.4. The third-order valence-corrected chi connectivity index (χ3v) is 3.97. The van der Waals surface area contributed by atoms with E-state index in [1.807, 2.05) is 19.1 Å². The Morgan fingerprint density at radius 3 is 2.75 bits per heavy atom. The Labute approximate surface area is 118 Å². The van der Waals surface area contributed by atoms with Crippen molar-refractivity contribution in [1.29, 1.82) is 0 Å². The van der Waals surface area contributed by atoms with Crippen molar-refractivity contribution in [3.63, 3.8) is 0 Å². The molecule has 0 spiro atoms. The van der Waals surface area contributed by atoms with E-state index in [0.29, 0.717) is 24.7 Å². The van der Waals surface area contributed by atoms with Crippen LogP contribution in [0.25, 0.3) is 0 Å². The van der Waals surface area contributed by atoms with Gasteiger partial charge in [-0.3, -0.25) is 4.72 Å². The van der Waals surface area contributed by atoms with Crippen molar-refractivity contribution in [2.45, 2.75) is 25.5 Å². The fourth-order valence-corrected chi connectivity index (χ4v) is 2.76. The molecule has 0 aliphatic carbocycles. The fraction of sp³-hybridized carbons (Fsp3) is 0.308. The lowest BCUT2D eigenvalue weighted by atomic mass is 10.2. The molecule has 2 aromatic rings. The monoisotopic (exact) mass is 295 g/mol. The first-order valence-corrected chi connectivity index (χ1v) is 7.71. The van der Waals surface area contributed by atoms with E-state index in [4.69, 9.17) is 4.74 Å². The maximum absolute atomic E-state index is 12.2. The predicted molar refractivity (Wildman–Crippen MR) is 75.9 cm³/mol. The van der Waals surface area contributed by atoms with E-state index in [1.165, 1.54) is 6.20 Å². The number of ether oxygens (including phenoxy) is 1. The van der Waals surface area contributed by atoms with Crippen LogP contribution in [0.3, 0.4) is 0 Å². The first-order valence-electron chi connectivity index (χ1n) is 6.23. The molecular formula is C13H17N3O3S. The second-order valence-corrected chi connectivity index (χ2v) is 5.88. The highest BCUT2D eigenvalue weighted by Gasteiger charge is 2.18. The number of nitrogens with one attached hydrogen (secondary N) is 2. The molecule has 0 radical (unpaired) electrons. The number of hydrogen-bond donors (Lipinski definition) is 2. The Hall–Kier alpha value is -1.86. The van der Waals surface area contributed by atoms with Gasteiger partial charge >= 0.3 is 0 Å². The summed E-state index contributed by atoms with van der Waals surface area (Å²) < 4.78 is 32.3. The van der Waals surface area contributed by atoms with Crippen LogP contribution in [0.4, 0.5) is 5.69 Å². The first kappa shape index (κ1) is 14.5. The van der Waals surface area contributed by atoms with E-state index >= 15 is 0 Å². The van der Waals surface area contributed by atoms with E-state index < -0.39 is 10.0 Å². The Kier molecular flexibility index (Phi) is 4.41. The van der Waals surface area contributed by atoms with Crippen LogP contribution < -0.4 is 4.72 Å². The van der Waals surface area contributed by atoms with E-state index in [0.717, 1.165) is 5.56 Å². The van der Waals surface area contributed by atoms with Gasteiger partial charge in [0.15, 0.2) is 5.03 Å². The highest BCUT2D eigenvalue weighted by Crippen LogP contribution is 2.20. The molecule has 0 unspecified atom stereocenters. The molecule has 0 saturated heterocycles. The van der Waals surface area contributed by atoms with E-state index in [-0.39, 0.29) is 5.03 Å². The van der Waals surface area contributed by atoms with Crippen LogP contribution in [-0.2, 0) is 21.4 Å². The van der Waals surface area contributed by atoms with Crippen LogP contribution in [0.1, 0.15) is 18.3 Å². The third kappa shape index (κ3) is 3.37. The molecule has 1 aromatic carbocycles. The van der Waals surface area contributed by atoms with Gasteiger partial charge in [-0.1, -0.05) is 18.2 Å². The van der Waals surface area contributed by atoms with Crippen LogP contribution in [0, 0.1) is 6.92 Å². The first-order chi connectivity index (χ1) is 9.53. The zero-order valence-corrected chi connectivity index (χ0v) is 12.2. The van der Waals surface area contributed by atoms with Crippen LogP contribution in [0.15, 0.2) is 35.5 Å². The summed E-state index contributed by atoms with van der Waals surface area (Å²) in [5, 5.41) is 0.0428. The number of para-hydroxylation sites is 1. The van der Waals surface area contributed by atoms with Gasteiger partial charge in [0, 0.05) is 12.2 Å². The molecule has 108 valence electrons. The van der Waals surface area contributed by atoms with Gasteiger partial charge in [-0.05, 0) is 19.9 Å². The number of sulfonamides is 1. The third-order valence-electron chi connectivity index (χ3n) is 2.69. The van der Waals surface area contributed by atoms with E-state index in [1.54, 1.807) is 19.1 Å². The van der Waals surface area contributed by atoms with Crippen LogP contribution >= 0.6 is 0 Å². The molecule has 0 atom stereocenters. The second-order valence-electron chi connectivity index (χ2n) is 4.23. The van der Waals surface area contributed by atoms with E-state index in [9.17, 15) is 8.42 Å². The zero-order chi connectivity index (χ0) is 14.6. The van der Waals surface area contributed by atoms with Crippen molar-refractivity contribution in [3.8, 4) is 0 Å². The summed E-state index contributed by atoms with van der Waals surface area (Å²) in [6.45, 7) is 4.51. The number of aryl methyl sites for hydroxylation is 1. The Bertz CT molecular complexity index is 680. The lowest BCUT2D eigenvalue weighted by Crippen LogP contribution is -2.15. The molecule has 2 rings (SSSR count).